The van der Waals surface area contributed by atoms with Gasteiger partial charge < -0.3 is 10.2 Å². The molecular weight excluding hydrogens is 184 g/mol. The Morgan fingerprint density at radius 3 is 3.00 bits per heavy atom. The van der Waals surface area contributed by atoms with Crippen molar-refractivity contribution in [3.63, 3.8) is 0 Å². The van der Waals surface area contributed by atoms with Crippen LogP contribution in [-0.4, -0.2) is 21.3 Å². The van der Waals surface area contributed by atoms with Gasteiger partial charge in [0.2, 0.25) is 0 Å². The van der Waals surface area contributed by atoms with Gasteiger partial charge in [0.25, 0.3) is 5.56 Å². The van der Waals surface area contributed by atoms with E-state index in [0.717, 1.165) is 24.1 Å². The van der Waals surface area contributed by atoms with Crippen LogP contribution in [0.1, 0.15) is 24.1 Å². The lowest BCUT2D eigenvalue weighted by molar-refractivity contribution is -0.138. The maximum atomic E-state index is 11.3. The van der Waals surface area contributed by atoms with E-state index in [4.69, 9.17) is 5.11 Å². The molecule has 0 aliphatic heterocycles. The van der Waals surface area contributed by atoms with Crippen molar-refractivity contribution in [3.8, 4) is 0 Å². The van der Waals surface area contributed by atoms with E-state index in [1.807, 2.05) is 0 Å². The highest BCUT2D eigenvalue weighted by Crippen LogP contribution is 2.23. The second kappa shape index (κ2) is 3.32. The highest BCUT2D eigenvalue weighted by atomic mass is 16.4. The van der Waals surface area contributed by atoms with Crippen molar-refractivity contribution in [1.29, 1.82) is 0 Å². The summed E-state index contributed by atoms with van der Waals surface area (Å²) < 4.78 is 0. The van der Waals surface area contributed by atoms with Gasteiger partial charge in [-0.05, 0) is 25.2 Å². The molecule has 1 aliphatic rings. The van der Waals surface area contributed by atoms with Crippen molar-refractivity contribution in [2.24, 2.45) is 5.92 Å². The number of aryl methyl sites for hydroxylation is 1. The molecule has 3 N–H and O–H groups in total. The Morgan fingerprint density at radius 2 is 2.29 bits per heavy atom. The number of hydrogen-bond acceptors (Lipinski definition) is 2. The van der Waals surface area contributed by atoms with Gasteiger partial charge in [-0.3, -0.25) is 14.7 Å². The normalized spacial score (nSPS) is 20.4. The minimum atomic E-state index is -0.787. The van der Waals surface area contributed by atoms with Crippen molar-refractivity contribution < 1.29 is 9.90 Å². The van der Waals surface area contributed by atoms with Gasteiger partial charge in [0.15, 0.2) is 0 Å². The average molecular weight is 196 g/mol. The van der Waals surface area contributed by atoms with Crippen LogP contribution in [0, 0.1) is 5.92 Å². The van der Waals surface area contributed by atoms with E-state index < -0.39 is 5.97 Å². The molecule has 5 heteroatoms. The van der Waals surface area contributed by atoms with E-state index >= 15 is 0 Å². The third kappa shape index (κ3) is 1.57. The number of aliphatic carboxylic acids is 1. The number of H-pyrrole nitrogens is 2. The van der Waals surface area contributed by atoms with Crippen molar-refractivity contribution in [3.05, 3.63) is 21.6 Å². The molecule has 0 radical (unpaired) electrons. The molecule has 0 spiro atoms. The number of nitrogens with one attached hydrogen (secondary N) is 2. The number of hydrogen-bond donors (Lipinski definition) is 3. The van der Waals surface area contributed by atoms with E-state index in [0.29, 0.717) is 6.42 Å². The Hall–Kier alpha value is -1.52. The molecule has 1 aliphatic carbocycles. The molecule has 1 aromatic rings. The van der Waals surface area contributed by atoms with Crippen LogP contribution >= 0.6 is 0 Å². The minimum Gasteiger partial charge on any atom is -0.481 e. The second-order valence-corrected chi connectivity index (χ2v) is 3.74. The van der Waals surface area contributed by atoms with Crippen LogP contribution in [-0.2, 0) is 17.6 Å². The van der Waals surface area contributed by atoms with Crippen LogP contribution in [0.3, 0.4) is 0 Å². The number of carboxylic acids is 1. The van der Waals surface area contributed by atoms with Gasteiger partial charge in [0, 0.05) is 17.7 Å². The highest BCUT2D eigenvalue weighted by molar-refractivity contribution is 5.67. The fraction of sp³-hybridized carbons (Fsp3) is 0.556. The maximum absolute atomic E-state index is 11.3. The molecule has 0 bridgehead atoms. The molecule has 1 aromatic heterocycles. The van der Waals surface area contributed by atoms with Crippen LogP contribution in [0.2, 0.25) is 0 Å². The van der Waals surface area contributed by atoms with E-state index in [1.54, 1.807) is 0 Å². The average Bonchev–Trinajstić information content (AvgIpc) is 2.47. The van der Waals surface area contributed by atoms with Crippen LogP contribution in [0.4, 0.5) is 0 Å². The Bertz CT molecular complexity index is 404. The first-order valence-corrected chi connectivity index (χ1v) is 4.67. The second-order valence-electron chi connectivity index (χ2n) is 3.74. The lowest BCUT2D eigenvalue weighted by Crippen LogP contribution is -2.20. The van der Waals surface area contributed by atoms with Gasteiger partial charge in [-0.2, -0.15) is 0 Å². The van der Waals surface area contributed by atoms with Gasteiger partial charge in [0.1, 0.15) is 0 Å². The Balaban J connectivity index is 2.16. The number of rotatable bonds is 2. The molecule has 0 saturated carbocycles. The number of fused-ring (bicyclic) bond motifs is 1. The Morgan fingerprint density at radius 1 is 1.50 bits per heavy atom. The summed E-state index contributed by atoms with van der Waals surface area (Å²) in [7, 11) is 0. The first kappa shape index (κ1) is 9.05. The first-order chi connectivity index (χ1) is 6.66. The molecule has 1 unspecified atom stereocenters. The summed E-state index contributed by atoms with van der Waals surface area (Å²) in [6, 6.07) is 0. The molecule has 76 valence electrons. The van der Waals surface area contributed by atoms with Gasteiger partial charge in [-0.25, -0.2) is 0 Å². The summed E-state index contributed by atoms with van der Waals surface area (Å²) in [4.78, 5) is 21.8. The zero-order chi connectivity index (χ0) is 10.1. The molecule has 5 nitrogen and oxygen atoms in total. The zero-order valence-corrected chi connectivity index (χ0v) is 7.67. The summed E-state index contributed by atoms with van der Waals surface area (Å²) in [5.74, 6) is -0.678. The van der Waals surface area contributed by atoms with Gasteiger partial charge in [-0.15, -0.1) is 0 Å². The smallest absolute Gasteiger partial charge is 0.303 e. The number of carboxylic acid groups (broad SMARTS) is 1. The van der Waals surface area contributed by atoms with Crippen LogP contribution in [0.25, 0.3) is 0 Å². The summed E-state index contributed by atoms with van der Waals surface area (Å²) in [5, 5.41) is 14.0. The lowest BCUT2D eigenvalue weighted by Gasteiger charge is -2.18. The van der Waals surface area contributed by atoms with Crippen LogP contribution in [0.5, 0.6) is 0 Å². The number of carbonyl (C=O) groups is 1. The number of aromatic nitrogens is 2. The van der Waals surface area contributed by atoms with Gasteiger partial charge >= 0.3 is 5.97 Å². The highest BCUT2D eigenvalue weighted by Gasteiger charge is 2.23. The third-order valence-corrected chi connectivity index (χ3v) is 2.72. The molecule has 0 fully saturated rings. The molecule has 2 rings (SSSR count). The monoisotopic (exact) mass is 196 g/mol. The number of aromatic amines is 2. The topological polar surface area (TPSA) is 85.9 Å². The lowest BCUT2D eigenvalue weighted by atomic mass is 9.86. The van der Waals surface area contributed by atoms with Gasteiger partial charge in [0.05, 0.1) is 0 Å². The van der Waals surface area contributed by atoms with E-state index in [-0.39, 0.29) is 17.9 Å². The van der Waals surface area contributed by atoms with E-state index in [1.165, 1.54) is 0 Å². The summed E-state index contributed by atoms with van der Waals surface area (Å²) in [6.45, 7) is 0. The van der Waals surface area contributed by atoms with E-state index in [2.05, 4.69) is 10.2 Å². The predicted octanol–water partition coefficient (Wildman–Crippen LogP) is 0.283. The molecule has 0 aromatic carbocycles. The third-order valence-electron chi connectivity index (χ3n) is 2.72. The molecule has 0 saturated heterocycles. The summed E-state index contributed by atoms with van der Waals surface area (Å²) >= 11 is 0. The largest absolute Gasteiger partial charge is 0.481 e. The first-order valence-electron chi connectivity index (χ1n) is 4.67. The quantitative estimate of drug-likeness (QED) is 0.635. The van der Waals surface area contributed by atoms with Gasteiger partial charge in [-0.1, -0.05) is 0 Å². The molecule has 0 amide bonds. The summed E-state index contributed by atoms with van der Waals surface area (Å²) in [6.07, 6.45) is 2.35. The molecule has 14 heavy (non-hydrogen) atoms. The van der Waals surface area contributed by atoms with Crippen molar-refractivity contribution in [1.82, 2.24) is 10.2 Å². The molecular formula is C9H12N2O3. The maximum Gasteiger partial charge on any atom is 0.303 e. The van der Waals surface area contributed by atoms with E-state index in [9.17, 15) is 9.59 Å². The standard InChI is InChI=1S/C9H12N2O3/c12-8(13)4-5-1-2-7-6(3-5)9(14)11-10-7/h5H,1-4H2,(H,12,13)(H2,10,11,14). The molecule has 1 atom stereocenters. The van der Waals surface area contributed by atoms with Crippen molar-refractivity contribution >= 4 is 5.97 Å². The fourth-order valence-electron chi connectivity index (χ4n) is 2.01. The Labute approximate surface area is 80.1 Å². The van der Waals surface area contributed by atoms with Crippen LogP contribution in [0.15, 0.2) is 4.79 Å². The SMILES string of the molecule is O=C(O)CC1CCc2[nH][nH]c(=O)c2C1. The van der Waals surface area contributed by atoms with Crippen LogP contribution < -0.4 is 5.56 Å². The Kier molecular flexibility index (Phi) is 2.15. The predicted molar refractivity (Wildman–Crippen MR) is 49.2 cm³/mol. The van der Waals surface area contributed by atoms with Crippen molar-refractivity contribution in [2.75, 3.05) is 0 Å². The fourth-order valence-corrected chi connectivity index (χ4v) is 2.01. The van der Waals surface area contributed by atoms with Crippen molar-refractivity contribution in [2.45, 2.75) is 25.7 Å². The minimum absolute atomic E-state index is 0.102. The molecule has 1 heterocycles. The zero-order valence-electron chi connectivity index (χ0n) is 7.67. The summed E-state index contributed by atoms with van der Waals surface area (Å²) in [5.41, 5.74) is 1.58.